The fraction of sp³-hybridized carbons (Fsp3) is 0.0833. The van der Waals surface area contributed by atoms with Crippen LogP contribution < -0.4 is 4.57 Å². The Labute approximate surface area is 86.2 Å². The largest absolute Gasteiger partial charge is 0.206 e. The monoisotopic (exact) mass is 200 g/mol. The van der Waals surface area contributed by atoms with E-state index in [4.69, 9.17) is 0 Å². The Kier molecular flexibility index (Phi) is 1.58. The first-order valence-corrected chi connectivity index (χ1v) is 5.43. The van der Waals surface area contributed by atoms with Crippen molar-refractivity contribution in [2.24, 2.45) is 7.05 Å². The highest BCUT2D eigenvalue weighted by Gasteiger charge is 2.06. The van der Waals surface area contributed by atoms with Crippen molar-refractivity contribution in [1.82, 2.24) is 0 Å². The van der Waals surface area contributed by atoms with E-state index in [9.17, 15) is 0 Å². The summed E-state index contributed by atoms with van der Waals surface area (Å²) in [7, 11) is 2.06. The maximum atomic E-state index is 2.19. The van der Waals surface area contributed by atoms with Crippen LogP contribution in [0.1, 0.15) is 0 Å². The molecule has 0 atom stereocenters. The van der Waals surface area contributed by atoms with E-state index in [-0.39, 0.29) is 0 Å². The van der Waals surface area contributed by atoms with Crippen LogP contribution in [0, 0.1) is 0 Å². The van der Waals surface area contributed by atoms with Crippen molar-refractivity contribution in [2.45, 2.75) is 0 Å². The second kappa shape index (κ2) is 2.79. The Balaban J connectivity index is 2.57. The Morgan fingerprint density at radius 2 is 1.79 bits per heavy atom. The maximum Gasteiger partial charge on any atom is 0.186 e. The van der Waals surface area contributed by atoms with Gasteiger partial charge in [-0.25, -0.2) is 4.57 Å². The summed E-state index contributed by atoms with van der Waals surface area (Å²) in [6, 6.07) is 10.8. The molecule has 3 rings (SSSR count). The quantitative estimate of drug-likeness (QED) is 0.491. The zero-order chi connectivity index (χ0) is 9.54. The van der Waals surface area contributed by atoms with Crippen LogP contribution in [0.2, 0.25) is 0 Å². The van der Waals surface area contributed by atoms with Gasteiger partial charge in [-0.05, 0) is 6.07 Å². The lowest BCUT2D eigenvalue weighted by Crippen LogP contribution is -2.25. The zero-order valence-electron chi connectivity index (χ0n) is 7.90. The number of aromatic nitrogens is 1. The van der Waals surface area contributed by atoms with Crippen molar-refractivity contribution in [3.05, 3.63) is 42.7 Å². The van der Waals surface area contributed by atoms with Gasteiger partial charge in [0, 0.05) is 21.5 Å². The molecule has 0 spiro atoms. The van der Waals surface area contributed by atoms with Gasteiger partial charge in [-0.2, -0.15) is 0 Å². The molecule has 0 fully saturated rings. The fourth-order valence-electron chi connectivity index (χ4n) is 1.77. The SMILES string of the molecule is C[n+]1ccc2c(c1)sc1ccccc12. The third-order valence-electron chi connectivity index (χ3n) is 2.46. The molecule has 0 saturated carbocycles. The van der Waals surface area contributed by atoms with Crippen LogP contribution in [-0.4, -0.2) is 0 Å². The molecular weight excluding hydrogens is 190 g/mol. The number of nitrogens with zero attached hydrogens (tertiary/aromatic N) is 1. The molecule has 0 saturated heterocycles. The van der Waals surface area contributed by atoms with Crippen LogP contribution in [0.25, 0.3) is 20.2 Å². The highest BCUT2D eigenvalue weighted by molar-refractivity contribution is 7.25. The van der Waals surface area contributed by atoms with Gasteiger partial charge >= 0.3 is 0 Å². The van der Waals surface area contributed by atoms with E-state index in [1.807, 2.05) is 11.3 Å². The van der Waals surface area contributed by atoms with Gasteiger partial charge in [-0.3, -0.25) is 0 Å². The van der Waals surface area contributed by atoms with Gasteiger partial charge in [0.25, 0.3) is 0 Å². The molecule has 0 aliphatic rings. The standard InChI is InChI=1S/C12H10NS/c1-13-7-6-10-9-4-2-3-5-11(9)14-12(10)8-13/h2-8H,1H3/q+1. The molecule has 0 radical (unpaired) electrons. The molecule has 1 nitrogen and oxygen atoms in total. The third-order valence-corrected chi connectivity index (χ3v) is 3.58. The second-order valence-electron chi connectivity index (χ2n) is 3.49. The molecule has 1 aromatic carbocycles. The molecule has 0 aliphatic heterocycles. The predicted molar refractivity (Wildman–Crippen MR) is 60.5 cm³/mol. The van der Waals surface area contributed by atoms with Crippen molar-refractivity contribution in [3.8, 4) is 0 Å². The Hall–Kier alpha value is -1.41. The van der Waals surface area contributed by atoms with Crippen LogP contribution in [0.15, 0.2) is 42.7 Å². The lowest BCUT2D eigenvalue weighted by Gasteiger charge is -1.88. The van der Waals surface area contributed by atoms with E-state index in [2.05, 4.69) is 54.3 Å². The van der Waals surface area contributed by atoms with E-state index in [0.29, 0.717) is 0 Å². The Bertz CT molecular complexity index is 610. The summed E-state index contributed by atoms with van der Waals surface area (Å²) >= 11 is 1.85. The van der Waals surface area contributed by atoms with Crippen molar-refractivity contribution in [3.63, 3.8) is 0 Å². The van der Waals surface area contributed by atoms with Crippen LogP contribution in [0.4, 0.5) is 0 Å². The summed E-state index contributed by atoms with van der Waals surface area (Å²) < 4.78 is 4.82. The molecule has 0 amide bonds. The van der Waals surface area contributed by atoms with E-state index in [1.165, 1.54) is 20.2 Å². The van der Waals surface area contributed by atoms with Gasteiger partial charge in [-0.15, -0.1) is 11.3 Å². The lowest BCUT2D eigenvalue weighted by molar-refractivity contribution is -0.670. The molecule has 68 valence electrons. The van der Waals surface area contributed by atoms with E-state index >= 15 is 0 Å². The normalized spacial score (nSPS) is 11.2. The van der Waals surface area contributed by atoms with Gasteiger partial charge in [-0.1, -0.05) is 18.2 Å². The van der Waals surface area contributed by atoms with Gasteiger partial charge in [0.05, 0.1) is 4.70 Å². The molecule has 3 aromatic rings. The molecule has 0 unspecified atom stereocenters. The smallest absolute Gasteiger partial charge is 0.186 e. The zero-order valence-corrected chi connectivity index (χ0v) is 8.71. The number of pyridine rings is 1. The summed E-state index contributed by atoms with van der Waals surface area (Å²) in [6.45, 7) is 0. The molecule has 0 N–H and O–H groups in total. The summed E-state index contributed by atoms with van der Waals surface area (Å²) in [5.41, 5.74) is 0. The number of thiophene rings is 1. The molecule has 14 heavy (non-hydrogen) atoms. The van der Waals surface area contributed by atoms with Gasteiger partial charge in [0.2, 0.25) is 0 Å². The first-order chi connectivity index (χ1) is 6.84. The number of fused-ring (bicyclic) bond motifs is 3. The van der Waals surface area contributed by atoms with Crippen LogP contribution >= 0.6 is 11.3 Å². The van der Waals surface area contributed by atoms with Crippen molar-refractivity contribution >= 4 is 31.5 Å². The topological polar surface area (TPSA) is 3.88 Å². The van der Waals surface area contributed by atoms with Crippen LogP contribution in [0.3, 0.4) is 0 Å². The lowest BCUT2D eigenvalue weighted by atomic mass is 10.2. The van der Waals surface area contributed by atoms with Crippen molar-refractivity contribution < 1.29 is 4.57 Å². The highest BCUT2D eigenvalue weighted by atomic mass is 32.1. The van der Waals surface area contributed by atoms with E-state index in [1.54, 1.807) is 0 Å². The van der Waals surface area contributed by atoms with Crippen LogP contribution in [0.5, 0.6) is 0 Å². The van der Waals surface area contributed by atoms with Crippen molar-refractivity contribution in [2.75, 3.05) is 0 Å². The Morgan fingerprint density at radius 1 is 1.00 bits per heavy atom. The van der Waals surface area contributed by atoms with Gasteiger partial charge in [0.15, 0.2) is 12.4 Å². The molecular formula is C12H10NS+. The minimum atomic E-state index is 1.36. The van der Waals surface area contributed by atoms with Gasteiger partial charge < -0.3 is 0 Å². The number of aryl methyl sites for hydroxylation is 1. The summed E-state index contributed by atoms with van der Waals surface area (Å²) in [5.74, 6) is 0. The van der Waals surface area contributed by atoms with Crippen LogP contribution in [-0.2, 0) is 7.05 Å². The summed E-state index contributed by atoms with van der Waals surface area (Å²) in [4.78, 5) is 0. The maximum absolute atomic E-state index is 2.19. The summed E-state index contributed by atoms with van der Waals surface area (Å²) in [6.07, 6.45) is 4.28. The number of hydrogen-bond acceptors (Lipinski definition) is 1. The number of benzene rings is 1. The highest BCUT2D eigenvalue weighted by Crippen LogP contribution is 2.31. The average Bonchev–Trinajstić information content (AvgIpc) is 2.54. The summed E-state index contributed by atoms with van der Waals surface area (Å²) in [5, 5.41) is 2.73. The second-order valence-corrected chi connectivity index (χ2v) is 4.57. The minimum Gasteiger partial charge on any atom is -0.206 e. The van der Waals surface area contributed by atoms with Crippen molar-refractivity contribution in [1.29, 1.82) is 0 Å². The van der Waals surface area contributed by atoms with Gasteiger partial charge in [0.1, 0.15) is 7.05 Å². The van der Waals surface area contributed by atoms with E-state index < -0.39 is 0 Å². The molecule has 2 aromatic heterocycles. The molecule has 2 heteroatoms. The molecule has 0 bridgehead atoms. The minimum absolute atomic E-state index is 1.36. The fourth-order valence-corrected chi connectivity index (χ4v) is 2.95. The molecule has 0 aliphatic carbocycles. The number of hydrogen-bond donors (Lipinski definition) is 0. The first-order valence-electron chi connectivity index (χ1n) is 4.61. The Morgan fingerprint density at radius 3 is 2.71 bits per heavy atom. The molecule has 2 heterocycles. The average molecular weight is 200 g/mol. The van der Waals surface area contributed by atoms with E-state index in [0.717, 1.165) is 0 Å². The number of rotatable bonds is 0. The third kappa shape index (κ3) is 1.04. The first kappa shape index (κ1) is 7.94. The predicted octanol–water partition coefficient (Wildman–Crippen LogP) is 2.88.